The summed E-state index contributed by atoms with van der Waals surface area (Å²) >= 11 is 0. The molecule has 5 heteroatoms. The lowest BCUT2D eigenvalue weighted by molar-refractivity contribution is -0.137. The fraction of sp³-hybridized carbons (Fsp3) is 0.200. The van der Waals surface area contributed by atoms with Crippen LogP contribution in [0.1, 0.15) is 11.1 Å². The van der Waals surface area contributed by atoms with Crippen LogP contribution in [0.2, 0.25) is 0 Å². The van der Waals surface area contributed by atoms with Gasteiger partial charge in [-0.25, -0.2) is 4.98 Å². The molecule has 1 aromatic carbocycles. The molecule has 0 bridgehead atoms. The number of pyridine rings is 1. The summed E-state index contributed by atoms with van der Waals surface area (Å²) in [6, 6.07) is 11.0. The van der Waals surface area contributed by atoms with E-state index < -0.39 is 11.7 Å². The molecule has 0 saturated carbocycles. The van der Waals surface area contributed by atoms with Crippen molar-refractivity contribution in [3.05, 3.63) is 65.7 Å². The van der Waals surface area contributed by atoms with E-state index in [2.05, 4.69) is 9.88 Å². The summed E-state index contributed by atoms with van der Waals surface area (Å²) < 4.78 is 37.4. The van der Waals surface area contributed by atoms with Gasteiger partial charge < -0.3 is 4.90 Å². The third-order valence-corrected chi connectivity index (χ3v) is 3.36. The molecule has 20 heavy (non-hydrogen) atoms. The molecule has 1 fully saturated rings. The van der Waals surface area contributed by atoms with Gasteiger partial charge in [0, 0.05) is 25.2 Å². The van der Waals surface area contributed by atoms with Crippen LogP contribution in [0.3, 0.4) is 0 Å². The molecule has 1 aromatic heterocycles. The lowest BCUT2D eigenvalue weighted by Crippen LogP contribution is -2.46. The molecule has 103 valence electrons. The van der Waals surface area contributed by atoms with Gasteiger partial charge >= 0.3 is 6.18 Å². The minimum absolute atomic E-state index is 0.609. The zero-order valence-electron chi connectivity index (χ0n) is 10.6. The Morgan fingerprint density at radius 3 is 2.20 bits per heavy atom. The van der Waals surface area contributed by atoms with Crippen LogP contribution in [0.4, 0.5) is 19.0 Å². The average Bonchev–Trinajstić information content (AvgIpc) is 2.38. The van der Waals surface area contributed by atoms with E-state index in [4.69, 9.17) is 0 Å². The quantitative estimate of drug-likeness (QED) is 0.834. The zero-order valence-corrected chi connectivity index (χ0v) is 10.6. The minimum atomic E-state index is -4.27. The summed E-state index contributed by atoms with van der Waals surface area (Å²) in [6.07, 6.45) is -2.55. The highest BCUT2D eigenvalue weighted by Gasteiger charge is 2.32. The first-order valence-electron chi connectivity index (χ1n) is 6.22. The number of aromatic nitrogens is 1. The molecule has 1 aliphatic rings. The Labute approximate surface area is 114 Å². The third-order valence-electron chi connectivity index (χ3n) is 3.36. The van der Waals surface area contributed by atoms with Crippen LogP contribution in [0.5, 0.6) is 0 Å². The normalized spacial score (nSPS) is 16.1. The summed E-state index contributed by atoms with van der Waals surface area (Å²) in [6.45, 7) is 1.42. The molecule has 1 aliphatic heterocycles. The Balaban J connectivity index is 1.66. The molecule has 0 amide bonds. The Kier molecular flexibility index (Phi) is 3.12. The second kappa shape index (κ2) is 4.81. The van der Waals surface area contributed by atoms with Crippen molar-refractivity contribution < 1.29 is 13.2 Å². The first kappa shape index (κ1) is 13.0. The molecule has 0 spiro atoms. The number of nitrogens with zero attached hydrogens (tertiary/aromatic N) is 2. The summed E-state index contributed by atoms with van der Waals surface area (Å²) in [4.78, 5) is 6.32. The van der Waals surface area contributed by atoms with Crippen molar-refractivity contribution in [1.82, 2.24) is 4.98 Å². The third kappa shape index (κ3) is 2.48. The molecule has 3 rings (SSSR count). The first-order valence-corrected chi connectivity index (χ1v) is 6.22. The van der Waals surface area contributed by atoms with Gasteiger partial charge in [-0.05, 0) is 29.8 Å². The van der Waals surface area contributed by atoms with Crippen molar-refractivity contribution in [2.75, 3.05) is 18.0 Å². The van der Waals surface area contributed by atoms with Crippen molar-refractivity contribution in [1.29, 1.82) is 0 Å². The van der Waals surface area contributed by atoms with Gasteiger partial charge in [-0.2, -0.15) is 13.2 Å². The van der Waals surface area contributed by atoms with Crippen LogP contribution in [0.25, 0.3) is 0 Å². The molecule has 0 aliphatic carbocycles. The van der Waals surface area contributed by atoms with Gasteiger partial charge in [0.1, 0.15) is 5.82 Å². The Morgan fingerprint density at radius 2 is 1.65 bits per heavy atom. The van der Waals surface area contributed by atoms with Gasteiger partial charge in [-0.15, -0.1) is 0 Å². The number of hydrogen-bond donors (Lipinski definition) is 0. The number of benzene rings is 1. The van der Waals surface area contributed by atoms with E-state index in [9.17, 15) is 13.2 Å². The SMILES string of the molecule is FC(F)(F)c1ccc([C]2CN(c3ccccn3)C2)cc1. The first-order chi connectivity index (χ1) is 9.54. The maximum Gasteiger partial charge on any atom is 0.416 e. The van der Waals surface area contributed by atoms with Gasteiger partial charge in [-0.1, -0.05) is 18.2 Å². The molecular formula is C15H12F3N2. The second-order valence-corrected chi connectivity index (χ2v) is 4.72. The van der Waals surface area contributed by atoms with Crippen molar-refractivity contribution in [3.63, 3.8) is 0 Å². The van der Waals surface area contributed by atoms with Gasteiger partial charge in [0.25, 0.3) is 0 Å². The predicted octanol–water partition coefficient (Wildman–Crippen LogP) is 3.54. The fourth-order valence-electron chi connectivity index (χ4n) is 2.19. The van der Waals surface area contributed by atoms with Gasteiger partial charge in [0.2, 0.25) is 0 Å². The minimum Gasteiger partial charge on any atom is -0.355 e. The smallest absolute Gasteiger partial charge is 0.355 e. The fourth-order valence-corrected chi connectivity index (χ4v) is 2.19. The number of alkyl halides is 3. The number of rotatable bonds is 2. The van der Waals surface area contributed by atoms with Crippen LogP contribution in [0, 0.1) is 5.92 Å². The zero-order chi connectivity index (χ0) is 14.2. The van der Waals surface area contributed by atoms with Gasteiger partial charge in [0.05, 0.1) is 5.56 Å². The molecule has 0 atom stereocenters. The molecule has 2 heterocycles. The Morgan fingerprint density at radius 1 is 0.950 bits per heavy atom. The summed E-state index contributed by atoms with van der Waals surface area (Å²) in [5, 5.41) is 0. The lowest BCUT2D eigenvalue weighted by atomic mass is 9.91. The van der Waals surface area contributed by atoms with E-state index in [0.29, 0.717) is 13.1 Å². The summed E-state index contributed by atoms with van der Waals surface area (Å²) in [5.41, 5.74) is 0.257. The molecule has 2 nitrogen and oxygen atoms in total. The highest BCUT2D eigenvalue weighted by atomic mass is 19.4. The van der Waals surface area contributed by atoms with Crippen molar-refractivity contribution >= 4 is 5.82 Å². The topological polar surface area (TPSA) is 16.1 Å². The van der Waals surface area contributed by atoms with Crippen LogP contribution < -0.4 is 4.90 Å². The highest BCUT2D eigenvalue weighted by molar-refractivity contribution is 5.52. The van der Waals surface area contributed by atoms with Crippen LogP contribution in [0.15, 0.2) is 48.7 Å². The van der Waals surface area contributed by atoms with Crippen LogP contribution in [-0.4, -0.2) is 18.1 Å². The van der Waals surface area contributed by atoms with Gasteiger partial charge in [0.15, 0.2) is 0 Å². The standard InChI is InChI=1S/C15H12F3N2/c16-15(17,18)13-6-4-11(5-7-13)12-9-20(10-12)14-3-1-2-8-19-14/h1-8H,9-10H2. The average molecular weight is 277 g/mol. The summed E-state index contributed by atoms with van der Waals surface area (Å²) in [7, 11) is 0. The number of anilines is 1. The monoisotopic (exact) mass is 277 g/mol. The maximum atomic E-state index is 12.5. The van der Waals surface area contributed by atoms with E-state index in [1.807, 2.05) is 18.2 Å². The molecule has 1 radical (unpaired) electrons. The van der Waals surface area contributed by atoms with Crippen molar-refractivity contribution in [2.24, 2.45) is 0 Å². The molecule has 1 saturated heterocycles. The Hall–Kier alpha value is -2.04. The highest BCUT2D eigenvalue weighted by Crippen LogP contribution is 2.33. The second-order valence-electron chi connectivity index (χ2n) is 4.72. The van der Waals surface area contributed by atoms with Crippen molar-refractivity contribution in [2.45, 2.75) is 6.18 Å². The lowest BCUT2D eigenvalue weighted by Gasteiger charge is -2.39. The molecule has 0 N–H and O–H groups in total. The Bertz CT molecular complexity index is 572. The van der Waals surface area contributed by atoms with Crippen LogP contribution in [-0.2, 0) is 6.18 Å². The maximum absolute atomic E-state index is 12.5. The number of halogens is 3. The summed E-state index contributed by atoms with van der Waals surface area (Å²) in [5.74, 6) is 2.02. The molecule has 2 aromatic rings. The van der Waals surface area contributed by atoms with E-state index in [1.165, 1.54) is 12.1 Å². The molecular weight excluding hydrogens is 265 g/mol. The molecule has 0 unspecified atom stereocenters. The predicted molar refractivity (Wildman–Crippen MR) is 70.2 cm³/mol. The largest absolute Gasteiger partial charge is 0.416 e. The van der Waals surface area contributed by atoms with E-state index in [1.54, 1.807) is 6.20 Å². The van der Waals surface area contributed by atoms with E-state index in [-0.39, 0.29) is 0 Å². The number of hydrogen-bond acceptors (Lipinski definition) is 2. The van der Waals surface area contributed by atoms with E-state index >= 15 is 0 Å². The van der Waals surface area contributed by atoms with Crippen LogP contribution >= 0.6 is 0 Å². The van der Waals surface area contributed by atoms with Crippen molar-refractivity contribution in [3.8, 4) is 0 Å². The van der Waals surface area contributed by atoms with E-state index in [0.717, 1.165) is 29.4 Å². The van der Waals surface area contributed by atoms with Gasteiger partial charge in [-0.3, -0.25) is 0 Å².